The van der Waals surface area contributed by atoms with Gasteiger partial charge in [0, 0.05) is 22.9 Å². The highest BCUT2D eigenvalue weighted by Gasteiger charge is 2.03. The third-order valence-electron chi connectivity index (χ3n) is 2.85. The zero-order valence-corrected chi connectivity index (χ0v) is 13.5. The Hall–Kier alpha value is -1.97. The van der Waals surface area contributed by atoms with Crippen LogP contribution in [-0.2, 0) is 0 Å². The van der Waals surface area contributed by atoms with E-state index in [4.69, 9.17) is 27.9 Å². The molecule has 0 aliphatic carbocycles. The molecule has 0 spiro atoms. The van der Waals surface area contributed by atoms with Crippen molar-refractivity contribution in [2.24, 2.45) is 0 Å². The fourth-order valence-electron chi connectivity index (χ4n) is 1.79. The fourth-order valence-corrected chi connectivity index (χ4v) is 2.26. The first-order valence-corrected chi connectivity index (χ1v) is 7.51. The van der Waals surface area contributed by atoms with Gasteiger partial charge in [-0.25, -0.2) is 0 Å². The van der Waals surface area contributed by atoms with E-state index in [1.165, 1.54) is 6.08 Å². The molecule has 2 aromatic rings. The third-order valence-corrected chi connectivity index (χ3v) is 3.40. The van der Waals surface area contributed by atoms with Crippen molar-refractivity contribution in [1.29, 1.82) is 0 Å². The Bertz CT molecular complexity index is 682. The Morgan fingerprint density at radius 3 is 2.55 bits per heavy atom. The number of rotatable bonds is 6. The van der Waals surface area contributed by atoms with E-state index >= 15 is 0 Å². The summed E-state index contributed by atoms with van der Waals surface area (Å²) in [6.07, 6.45) is 2.99. The predicted octanol–water partition coefficient (Wildman–Crippen LogP) is 5.20. The Balaban J connectivity index is 1.98. The van der Waals surface area contributed by atoms with Crippen molar-refractivity contribution in [1.82, 2.24) is 0 Å². The molecule has 2 aromatic carbocycles. The van der Waals surface area contributed by atoms with Gasteiger partial charge in [-0.15, -0.1) is 0 Å². The molecule has 0 aromatic heterocycles. The normalized spacial score (nSPS) is 10.7. The molecular weight excluding hydrogens is 321 g/mol. The second kappa shape index (κ2) is 7.87. The van der Waals surface area contributed by atoms with Crippen molar-refractivity contribution in [2.45, 2.75) is 6.92 Å². The summed E-state index contributed by atoms with van der Waals surface area (Å²) >= 11 is 11.9. The van der Waals surface area contributed by atoms with Crippen LogP contribution in [0, 0.1) is 0 Å². The SMILES string of the molecule is CCOc1ccc(C(=O)/C=C/Nc2ccc(Cl)cc2Cl)cc1. The third kappa shape index (κ3) is 4.52. The minimum absolute atomic E-state index is 0.111. The summed E-state index contributed by atoms with van der Waals surface area (Å²) in [5.41, 5.74) is 1.27. The number of anilines is 1. The Morgan fingerprint density at radius 1 is 1.18 bits per heavy atom. The number of hydrogen-bond acceptors (Lipinski definition) is 3. The van der Waals surface area contributed by atoms with E-state index < -0.39 is 0 Å². The average Bonchev–Trinajstić information content (AvgIpc) is 2.50. The van der Waals surface area contributed by atoms with Gasteiger partial charge in [0.1, 0.15) is 5.75 Å². The van der Waals surface area contributed by atoms with Gasteiger partial charge in [0.05, 0.1) is 17.3 Å². The summed E-state index contributed by atoms with van der Waals surface area (Å²) in [7, 11) is 0. The van der Waals surface area contributed by atoms with Crippen LogP contribution in [0.25, 0.3) is 0 Å². The lowest BCUT2D eigenvalue weighted by atomic mass is 10.1. The zero-order valence-electron chi connectivity index (χ0n) is 12.0. The molecule has 0 aliphatic heterocycles. The molecule has 5 heteroatoms. The number of halogens is 2. The summed E-state index contributed by atoms with van der Waals surface area (Å²) in [6.45, 7) is 2.51. The van der Waals surface area contributed by atoms with Crippen LogP contribution < -0.4 is 10.1 Å². The van der Waals surface area contributed by atoms with Crippen LogP contribution in [-0.4, -0.2) is 12.4 Å². The van der Waals surface area contributed by atoms with Crippen molar-refractivity contribution in [3.63, 3.8) is 0 Å². The molecule has 0 aliphatic rings. The Labute approximate surface area is 139 Å². The number of nitrogens with one attached hydrogen (secondary N) is 1. The zero-order chi connectivity index (χ0) is 15.9. The Kier molecular flexibility index (Phi) is 5.87. The first-order chi connectivity index (χ1) is 10.6. The van der Waals surface area contributed by atoms with Crippen molar-refractivity contribution in [3.05, 3.63) is 70.3 Å². The topological polar surface area (TPSA) is 38.3 Å². The van der Waals surface area contributed by atoms with Crippen LogP contribution in [0.3, 0.4) is 0 Å². The molecule has 3 nitrogen and oxygen atoms in total. The van der Waals surface area contributed by atoms with E-state index in [9.17, 15) is 4.79 Å². The molecular formula is C17H15Cl2NO2. The number of ketones is 1. The van der Waals surface area contributed by atoms with Crippen molar-refractivity contribution in [2.75, 3.05) is 11.9 Å². The number of ether oxygens (including phenoxy) is 1. The number of carbonyl (C=O) groups excluding carboxylic acids is 1. The molecule has 22 heavy (non-hydrogen) atoms. The lowest BCUT2D eigenvalue weighted by molar-refractivity contribution is 0.104. The maximum atomic E-state index is 12.0. The van der Waals surface area contributed by atoms with Crippen LogP contribution >= 0.6 is 23.2 Å². The van der Waals surface area contributed by atoms with Crippen LogP contribution in [0.2, 0.25) is 10.0 Å². The summed E-state index contributed by atoms with van der Waals surface area (Å²) in [5, 5.41) is 4.01. The quantitative estimate of drug-likeness (QED) is 0.582. The van der Waals surface area contributed by atoms with Crippen molar-refractivity contribution < 1.29 is 9.53 Å². The van der Waals surface area contributed by atoms with Crippen LogP contribution in [0.4, 0.5) is 5.69 Å². The monoisotopic (exact) mass is 335 g/mol. The molecule has 114 valence electrons. The molecule has 0 radical (unpaired) electrons. The number of benzene rings is 2. The van der Waals surface area contributed by atoms with Gasteiger partial charge >= 0.3 is 0 Å². The summed E-state index contributed by atoms with van der Waals surface area (Å²) in [6, 6.07) is 12.1. The second-order valence-corrected chi connectivity index (χ2v) is 5.27. The number of carbonyl (C=O) groups is 1. The van der Waals surface area contributed by atoms with Crippen LogP contribution in [0.5, 0.6) is 5.75 Å². The molecule has 0 heterocycles. The largest absolute Gasteiger partial charge is 0.494 e. The first kappa shape index (κ1) is 16.4. The second-order valence-electron chi connectivity index (χ2n) is 4.42. The standard InChI is InChI=1S/C17H15Cl2NO2/c1-2-22-14-6-3-12(4-7-14)17(21)9-10-20-16-8-5-13(18)11-15(16)19/h3-11,20H,2H2,1H3/b10-9+. The van der Waals surface area contributed by atoms with E-state index in [1.54, 1.807) is 48.7 Å². The maximum absolute atomic E-state index is 12.0. The van der Waals surface area contributed by atoms with E-state index in [1.807, 2.05) is 6.92 Å². The van der Waals surface area contributed by atoms with E-state index in [-0.39, 0.29) is 5.78 Å². The highest BCUT2D eigenvalue weighted by molar-refractivity contribution is 6.36. The summed E-state index contributed by atoms with van der Waals surface area (Å²) < 4.78 is 5.34. The average molecular weight is 336 g/mol. The van der Waals surface area contributed by atoms with E-state index in [0.717, 1.165) is 5.75 Å². The van der Waals surface area contributed by atoms with Gasteiger partial charge in [0.2, 0.25) is 0 Å². The van der Waals surface area contributed by atoms with Crippen molar-refractivity contribution in [3.8, 4) is 5.75 Å². The minimum atomic E-state index is -0.111. The van der Waals surface area contributed by atoms with E-state index in [2.05, 4.69) is 5.32 Å². The van der Waals surface area contributed by atoms with Gasteiger partial charge in [-0.1, -0.05) is 23.2 Å². The molecule has 0 unspecified atom stereocenters. The maximum Gasteiger partial charge on any atom is 0.187 e. The highest BCUT2D eigenvalue weighted by Crippen LogP contribution is 2.25. The lowest BCUT2D eigenvalue weighted by Crippen LogP contribution is -1.97. The molecule has 0 amide bonds. The van der Waals surface area contributed by atoms with Crippen LogP contribution in [0.1, 0.15) is 17.3 Å². The van der Waals surface area contributed by atoms with Gasteiger partial charge in [0.25, 0.3) is 0 Å². The number of hydrogen-bond donors (Lipinski definition) is 1. The molecule has 0 atom stereocenters. The molecule has 0 bridgehead atoms. The van der Waals surface area contributed by atoms with Crippen molar-refractivity contribution >= 4 is 34.7 Å². The lowest BCUT2D eigenvalue weighted by Gasteiger charge is -2.04. The van der Waals surface area contributed by atoms with Gasteiger partial charge < -0.3 is 10.1 Å². The molecule has 1 N–H and O–H groups in total. The molecule has 0 fully saturated rings. The molecule has 0 saturated heterocycles. The van der Waals surface area contributed by atoms with Crippen LogP contribution in [0.15, 0.2) is 54.7 Å². The first-order valence-electron chi connectivity index (χ1n) is 6.75. The predicted molar refractivity (Wildman–Crippen MR) is 91.2 cm³/mol. The molecule has 2 rings (SSSR count). The minimum Gasteiger partial charge on any atom is -0.494 e. The van der Waals surface area contributed by atoms with E-state index in [0.29, 0.717) is 27.9 Å². The summed E-state index contributed by atoms with van der Waals surface area (Å²) in [5.74, 6) is 0.634. The van der Waals surface area contributed by atoms with Gasteiger partial charge in [0.15, 0.2) is 5.78 Å². The summed E-state index contributed by atoms with van der Waals surface area (Å²) in [4.78, 5) is 12.0. The molecule has 0 saturated carbocycles. The van der Waals surface area contributed by atoms with Gasteiger partial charge in [-0.05, 0) is 49.4 Å². The highest BCUT2D eigenvalue weighted by atomic mass is 35.5. The number of allylic oxidation sites excluding steroid dienone is 1. The van der Waals surface area contributed by atoms with Gasteiger partial charge in [-0.2, -0.15) is 0 Å². The fraction of sp³-hybridized carbons (Fsp3) is 0.118. The Morgan fingerprint density at radius 2 is 1.91 bits per heavy atom. The van der Waals surface area contributed by atoms with Gasteiger partial charge in [-0.3, -0.25) is 4.79 Å². The smallest absolute Gasteiger partial charge is 0.187 e.